The fraction of sp³-hybridized carbons (Fsp3) is 0.280. The largest absolute Gasteiger partial charge is 0.325 e. The van der Waals surface area contributed by atoms with E-state index in [1.807, 2.05) is 13.0 Å². The van der Waals surface area contributed by atoms with E-state index in [0.717, 1.165) is 29.7 Å². The number of anilines is 3. The molecule has 7 nitrogen and oxygen atoms in total. The zero-order chi connectivity index (χ0) is 24.7. The van der Waals surface area contributed by atoms with Crippen LogP contribution < -0.4 is 16.0 Å². The molecule has 0 spiro atoms. The molecule has 0 aliphatic heterocycles. The van der Waals surface area contributed by atoms with Crippen molar-refractivity contribution in [3.05, 3.63) is 69.4 Å². The molecule has 2 saturated carbocycles. The summed E-state index contributed by atoms with van der Waals surface area (Å²) in [5.41, 5.74) is 1.31. The molecule has 2 fully saturated rings. The van der Waals surface area contributed by atoms with Gasteiger partial charge in [0.2, 0.25) is 11.8 Å². The number of hydrogen-bond acceptors (Lipinski definition) is 5. The number of rotatable bonds is 7. The van der Waals surface area contributed by atoms with Crippen LogP contribution in [0, 0.1) is 18.2 Å². The van der Waals surface area contributed by atoms with Crippen molar-refractivity contribution in [2.24, 2.45) is 5.41 Å². The second-order valence-electron chi connectivity index (χ2n) is 8.94. The second kappa shape index (κ2) is 9.05. The topological polar surface area (TPSA) is 100 Å². The van der Waals surface area contributed by atoms with Gasteiger partial charge in [-0.2, -0.15) is 0 Å². The Balaban J connectivity index is 1.31. The molecule has 180 valence electrons. The number of carbonyl (C=O) groups is 3. The lowest BCUT2D eigenvalue weighted by Crippen LogP contribution is -2.35. The van der Waals surface area contributed by atoms with Gasteiger partial charge in [-0.25, -0.2) is 9.37 Å². The van der Waals surface area contributed by atoms with Crippen LogP contribution in [-0.2, 0) is 9.59 Å². The minimum absolute atomic E-state index is 0.169. The fourth-order valence-corrected chi connectivity index (χ4v) is 4.88. The van der Waals surface area contributed by atoms with Crippen LogP contribution in [0.2, 0.25) is 5.02 Å². The second-order valence-corrected chi connectivity index (χ2v) is 10.3. The lowest BCUT2D eigenvalue weighted by molar-refractivity contribution is -0.131. The number of hydrogen-bond donors (Lipinski definition) is 3. The van der Waals surface area contributed by atoms with Gasteiger partial charge in [-0.05, 0) is 74.6 Å². The van der Waals surface area contributed by atoms with Crippen molar-refractivity contribution in [2.45, 2.75) is 38.5 Å². The number of aromatic nitrogens is 1. The molecule has 10 heteroatoms. The van der Waals surface area contributed by atoms with Crippen molar-refractivity contribution in [1.82, 2.24) is 4.98 Å². The Morgan fingerprint density at radius 2 is 1.71 bits per heavy atom. The minimum Gasteiger partial charge on any atom is -0.325 e. The number of carbonyl (C=O) groups excluding carboxylic acids is 3. The van der Waals surface area contributed by atoms with Gasteiger partial charge in [-0.15, -0.1) is 0 Å². The molecule has 2 aromatic carbocycles. The van der Waals surface area contributed by atoms with E-state index in [2.05, 4.69) is 20.9 Å². The molecule has 5 rings (SSSR count). The third-order valence-corrected chi connectivity index (χ3v) is 7.45. The molecule has 1 heterocycles. The summed E-state index contributed by atoms with van der Waals surface area (Å²) in [5.74, 6) is -1.51. The van der Waals surface area contributed by atoms with E-state index in [4.69, 9.17) is 11.6 Å². The van der Waals surface area contributed by atoms with Gasteiger partial charge in [0.1, 0.15) is 16.1 Å². The summed E-state index contributed by atoms with van der Waals surface area (Å²) in [5, 5.41) is 8.97. The molecule has 1 aromatic heterocycles. The van der Waals surface area contributed by atoms with E-state index in [0.29, 0.717) is 39.8 Å². The number of thiazole rings is 1. The zero-order valence-corrected chi connectivity index (χ0v) is 20.4. The molecular formula is C25H22ClFN4O3S. The Labute approximate surface area is 210 Å². The normalized spacial score (nSPS) is 15.9. The fourth-order valence-electron chi connectivity index (χ4n) is 3.78. The highest BCUT2D eigenvalue weighted by Crippen LogP contribution is 2.48. The van der Waals surface area contributed by atoms with E-state index in [9.17, 15) is 18.8 Å². The Kier molecular flexibility index (Phi) is 6.06. The van der Waals surface area contributed by atoms with Crippen molar-refractivity contribution in [1.29, 1.82) is 0 Å². The molecule has 3 N–H and O–H groups in total. The number of halogens is 2. The summed E-state index contributed by atoms with van der Waals surface area (Å²) >= 11 is 7.31. The third kappa shape index (κ3) is 4.92. The molecule has 0 bridgehead atoms. The van der Waals surface area contributed by atoms with Gasteiger partial charge in [-0.3, -0.25) is 14.4 Å². The molecule has 0 unspecified atom stereocenters. The van der Waals surface area contributed by atoms with Crippen molar-refractivity contribution < 1.29 is 18.8 Å². The van der Waals surface area contributed by atoms with Gasteiger partial charge in [0.15, 0.2) is 5.13 Å². The predicted molar refractivity (Wildman–Crippen MR) is 134 cm³/mol. The van der Waals surface area contributed by atoms with E-state index in [1.165, 1.54) is 24.3 Å². The molecule has 0 atom stereocenters. The Morgan fingerprint density at radius 3 is 2.37 bits per heavy atom. The quantitative estimate of drug-likeness (QED) is 0.352. The van der Waals surface area contributed by atoms with Gasteiger partial charge in [0.05, 0.1) is 16.4 Å². The third-order valence-electron chi connectivity index (χ3n) is 6.14. The summed E-state index contributed by atoms with van der Waals surface area (Å²) < 4.78 is 13.1. The van der Waals surface area contributed by atoms with E-state index in [-0.39, 0.29) is 17.0 Å². The summed E-state index contributed by atoms with van der Waals surface area (Å²) in [6.45, 7) is 1.90. The number of benzene rings is 2. The Morgan fingerprint density at radius 1 is 1.03 bits per heavy atom. The zero-order valence-electron chi connectivity index (χ0n) is 18.8. The van der Waals surface area contributed by atoms with Crippen LogP contribution in [0.4, 0.5) is 20.9 Å². The first-order valence-electron chi connectivity index (χ1n) is 11.2. The number of nitrogens with zero attached hydrogens (tertiary/aromatic N) is 1. The standard InChI is InChI=1S/C25H22ClFN4O3S/c1-13-2-9-17(26)18(12-13)29-21(32)20-19(14-3-4-14)30-24(35-20)31-23(34)25(10-11-25)22(33)28-16-7-5-15(27)6-8-16/h2,5-9,12,14H,3-4,10-11H2,1H3,(H,28,33)(H,29,32)(H,30,31,34). The molecule has 2 aliphatic rings. The summed E-state index contributed by atoms with van der Waals surface area (Å²) in [7, 11) is 0. The summed E-state index contributed by atoms with van der Waals surface area (Å²) in [6.07, 6.45) is 2.64. The smallest absolute Gasteiger partial charge is 0.267 e. The van der Waals surface area contributed by atoms with Gasteiger partial charge in [0, 0.05) is 11.6 Å². The maximum Gasteiger partial charge on any atom is 0.267 e. The highest BCUT2D eigenvalue weighted by Gasteiger charge is 2.56. The SMILES string of the molecule is Cc1ccc(Cl)c(NC(=O)c2sc(NC(=O)C3(C(=O)Nc4ccc(F)cc4)CC3)nc2C2CC2)c1. The van der Waals surface area contributed by atoms with Crippen molar-refractivity contribution in [2.75, 3.05) is 16.0 Å². The maximum atomic E-state index is 13.1. The van der Waals surface area contributed by atoms with Crippen molar-refractivity contribution >= 4 is 57.2 Å². The Bertz CT molecular complexity index is 1330. The van der Waals surface area contributed by atoms with Crippen LogP contribution in [0.25, 0.3) is 0 Å². The van der Waals surface area contributed by atoms with E-state index < -0.39 is 23.0 Å². The summed E-state index contributed by atoms with van der Waals surface area (Å²) in [4.78, 5) is 43.9. The van der Waals surface area contributed by atoms with Gasteiger partial charge >= 0.3 is 0 Å². The molecule has 0 radical (unpaired) electrons. The molecule has 0 saturated heterocycles. The van der Waals surface area contributed by atoms with Crippen LogP contribution in [0.15, 0.2) is 42.5 Å². The monoisotopic (exact) mass is 512 g/mol. The minimum atomic E-state index is -1.21. The van der Waals surface area contributed by atoms with E-state index >= 15 is 0 Å². The molecule has 35 heavy (non-hydrogen) atoms. The van der Waals surface area contributed by atoms with Crippen LogP contribution >= 0.6 is 22.9 Å². The highest BCUT2D eigenvalue weighted by molar-refractivity contribution is 7.17. The van der Waals surface area contributed by atoms with Crippen LogP contribution in [0.1, 0.15) is 52.5 Å². The first-order chi connectivity index (χ1) is 16.7. The lowest BCUT2D eigenvalue weighted by atomic mass is 10.1. The molecule has 3 aromatic rings. The average molecular weight is 513 g/mol. The Hall–Kier alpha value is -3.30. The average Bonchev–Trinajstić information content (AvgIpc) is 3.75. The van der Waals surface area contributed by atoms with Gasteiger partial charge in [0.25, 0.3) is 5.91 Å². The first-order valence-corrected chi connectivity index (χ1v) is 12.4. The van der Waals surface area contributed by atoms with Gasteiger partial charge in [-0.1, -0.05) is 29.0 Å². The predicted octanol–water partition coefficient (Wildman–Crippen LogP) is 5.73. The lowest BCUT2D eigenvalue weighted by Gasteiger charge is -2.14. The number of aryl methyl sites for hydroxylation is 1. The summed E-state index contributed by atoms with van der Waals surface area (Å²) in [6, 6.07) is 10.7. The van der Waals surface area contributed by atoms with Crippen LogP contribution in [0.3, 0.4) is 0 Å². The molecule has 3 amide bonds. The van der Waals surface area contributed by atoms with Crippen LogP contribution in [-0.4, -0.2) is 22.7 Å². The number of nitrogens with one attached hydrogen (secondary N) is 3. The van der Waals surface area contributed by atoms with Crippen molar-refractivity contribution in [3.63, 3.8) is 0 Å². The highest BCUT2D eigenvalue weighted by atomic mass is 35.5. The first kappa shape index (κ1) is 23.4. The maximum absolute atomic E-state index is 13.1. The molecule has 2 aliphatic carbocycles. The number of amides is 3. The molecular weight excluding hydrogens is 491 g/mol. The van der Waals surface area contributed by atoms with Crippen LogP contribution in [0.5, 0.6) is 0 Å². The van der Waals surface area contributed by atoms with E-state index in [1.54, 1.807) is 12.1 Å². The van der Waals surface area contributed by atoms with Crippen molar-refractivity contribution in [3.8, 4) is 0 Å². The van der Waals surface area contributed by atoms with Gasteiger partial charge < -0.3 is 16.0 Å².